The summed E-state index contributed by atoms with van der Waals surface area (Å²) in [6.45, 7) is 6.47. The average molecular weight is 416 g/mol. The molecule has 1 saturated heterocycles. The van der Waals surface area contributed by atoms with Crippen molar-refractivity contribution in [2.75, 3.05) is 19.8 Å². The standard InChI is InChI=1S/C20H37N3O6/c1-4-6-8-10-12-26-18-16(14-28-15(3)24)29-20(25)17(22-23-21)19(18)27-13-11-9-7-5-2/h16-20,25H,4-14H2,1-3H3/t16-,17-,18-,19-,20?/m1/s1. The van der Waals surface area contributed by atoms with Gasteiger partial charge in [-0.05, 0) is 18.4 Å². The molecule has 0 aromatic carbocycles. The third-order valence-corrected chi connectivity index (χ3v) is 4.89. The highest BCUT2D eigenvalue weighted by molar-refractivity contribution is 5.65. The topological polar surface area (TPSA) is 123 Å². The van der Waals surface area contributed by atoms with Crippen molar-refractivity contribution in [2.45, 2.75) is 103 Å². The fraction of sp³-hybridized carbons (Fsp3) is 0.950. The molecule has 1 aliphatic rings. The zero-order valence-electron chi connectivity index (χ0n) is 18.0. The van der Waals surface area contributed by atoms with E-state index in [4.69, 9.17) is 24.5 Å². The molecule has 1 rings (SSSR count). The molecule has 168 valence electrons. The number of carbonyl (C=O) groups is 1. The van der Waals surface area contributed by atoms with E-state index in [1.54, 1.807) is 0 Å². The van der Waals surface area contributed by atoms with E-state index in [2.05, 4.69) is 23.9 Å². The van der Waals surface area contributed by atoms with Gasteiger partial charge >= 0.3 is 5.97 Å². The Labute approximate surface area is 173 Å². The summed E-state index contributed by atoms with van der Waals surface area (Å²) in [4.78, 5) is 14.1. The second kappa shape index (κ2) is 15.5. The Morgan fingerprint density at radius 1 is 1.03 bits per heavy atom. The number of rotatable bonds is 15. The number of unbranched alkanes of at least 4 members (excludes halogenated alkanes) is 6. The number of ether oxygens (including phenoxy) is 4. The molecule has 0 radical (unpaired) electrons. The second-order valence-corrected chi connectivity index (χ2v) is 7.36. The number of carbonyl (C=O) groups excluding carboxylic acids is 1. The fourth-order valence-corrected chi connectivity index (χ4v) is 3.31. The third kappa shape index (κ3) is 9.78. The maximum Gasteiger partial charge on any atom is 0.302 e. The van der Waals surface area contributed by atoms with Gasteiger partial charge in [0.1, 0.15) is 24.9 Å². The third-order valence-electron chi connectivity index (χ3n) is 4.89. The molecule has 5 atom stereocenters. The molecule has 1 unspecified atom stereocenters. The zero-order chi connectivity index (χ0) is 21.5. The maximum absolute atomic E-state index is 11.2. The van der Waals surface area contributed by atoms with Gasteiger partial charge in [0.05, 0.1) is 6.10 Å². The number of esters is 1. The molecule has 9 nitrogen and oxygen atoms in total. The van der Waals surface area contributed by atoms with Crippen molar-refractivity contribution in [3.63, 3.8) is 0 Å². The Kier molecular flexibility index (Phi) is 13.7. The Bertz CT molecular complexity index is 501. The lowest BCUT2D eigenvalue weighted by Gasteiger charge is -2.43. The van der Waals surface area contributed by atoms with Gasteiger partial charge in [-0.2, -0.15) is 0 Å². The van der Waals surface area contributed by atoms with Crippen LogP contribution >= 0.6 is 0 Å². The minimum absolute atomic E-state index is 0.0648. The first kappa shape index (κ1) is 25.7. The van der Waals surface area contributed by atoms with Crippen LogP contribution in [0.4, 0.5) is 0 Å². The van der Waals surface area contributed by atoms with E-state index in [0.29, 0.717) is 13.2 Å². The molecule has 0 spiro atoms. The van der Waals surface area contributed by atoms with Gasteiger partial charge in [0.2, 0.25) is 0 Å². The van der Waals surface area contributed by atoms with E-state index < -0.39 is 36.6 Å². The first-order valence-electron chi connectivity index (χ1n) is 10.8. The second-order valence-electron chi connectivity index (χ2n) is 7.36. The minimum atomic E-state index is -1.35. The number of aliphatic hydroxyl groups excluding tert-OH is 1. The number of hydrogen-bond donors (Lipinski definition) is 1. The van der Waals surface area contributed by atoms with Crippen LogP contribution in [0.1, 0.15) is 72.1 Å². The van der Waals surface area contributed by atoms with Gasteiger partial charge in [-0.1, -0.05) is 57.5 Å². The lowest BCUT2D eigenvalue weighted by molar-refractivity contribution is -0.268. The Morgan fingerprint density at radius 2 is 1.62 bits per heavy atom. The van der Waals surface area contributed by atoms with Gasteiger partial charge in [0, 0.05) is 25.0 Å². The molecule has 1 heterocycles. The number of hydrogen-bond acceptors (Lipinski definition) is 7. The molecule has 0 aromatic heterocycles. The maximum atomic E-state index is 11.2. The van der Waals surface area contributed by atoms with E-state index in [-0.39, 0.29) is 6.61 Å². The summed E-state index contributed by atoms with van der Waals surface area (Å²) in [5.41, 5.74) is 8.92. The molecule has 1 aliphatic heterocycles. The van der Waals surface area contributed by atoms with Crippen LogP contribution in [-0.2, 0) is 23.7 Å². The van der Waals surface area contributed by atoms with Gasteiger partial charge < -0.3 is 24.1 Å². The number of nitrogens with zero attached hydrogens (tertiary/aromatic N) is 3. The van der Waals surface area contributed by atoms with Crippen LogP contribution in [0.3, 0.4) is 0 Å². The molecule has 0 bridgehead atoms. The van der Waals surface area contributed by atoms with Gasteiger partial charge in [0.25, 0.3) is 0 Å². The van der Waals surface area contributed by atoms with Gasteiger partial charge in [-0.15, -0.1) is 0 Å². The van der Waals surface area contributed by atoms with Crippen molar-refractivity contribution in [1.82, 2.24) is 0 Å². The summed E-state index contributed by atoms with van der Waals surface area (Å²) in [5.74, 6) is -0.445. The van der Waals surface area contributed by atoms with Crippen LogP contribution in [0.5, 0.6) is 0 Å². The van der Waals surface area contributed by atoms with E-state index in [1.165, 1.54) is 6.92 Å². The summed E-state index contributed by atoms with van der Waals surface area (Å²) in [6.07, 6.45) is 4.95. The summed E-state index contributed by atoms with van der Waals surface area (Å²) in [5, 5.41) is 14.0. The summed E-state index contributed by atoms with van der Waals surface area (Å²) in [6, 6.07) is -0.930. The normalized spacial score (nSPS) is 26.7. The van der Waals surface area contributed by atoms with Crippen LogP contribution in [0, 0.1) is 0 Å². The van der Waals surface area contributed by atoms with Crippen molar-refractivity contribution >= 4 is 5.97 Å². The van der Waals surface area contributed by atoms with E-state index in [0.717, 1.165) is 51.4 Å². The molecule has 9 heteroatoms. The van der Waals surface area contributed by atoms with Crippen LogP contribution in [0.15, 0.2) is 5.11 Å². The lowest BCUT2D eigenvalue weighted by atomic mass is 9.97. The quantitative estimate of drug-likeness (QED) is 0.142. The minimum Gasteiger partial charge on any atom is -0.463 e. The molecule has 0 aliphatic carbocycles. The predicted octanol–water partition coefficient (Wildman–Crippen LogP) is 3.88. The molecule has 0 aromatic rings. The number of aliphatic hydroxyl groups is 1. The molecular formula is C20H37N3O6. The van der Waals surface area contributed by atoms with Crippen molar-refractivity contribution in [1.29, 1.82) is 0 Å². The van der Waals surface area contributed by atoms with E-state index in [9.17, 15) is 9.90 Å². The molecule has 0 saturated carbocycles. The molecule has 29 heavy (non-hydrogen) atoms. The van der Waals surface area contributed by atoms with E-state index >= 15 is 0 Å². The molecule has 0 amide bonds. The SMILES string of the molecule is CCCCCCO[C@H]1[C@H](OCCCCCC)[C@@H](N=[N+]=[N-])C(O)O[C@@H]1COC(C)=O. The summed E-state index contributed by atoms with van der Waals surface area (Å²) in [7, 11) is 0. The van der Waals surface area contributed by atoms with Crippen molar-refractivity contribution < 1.29 is 28.8 Å². The molecule has 1 N–H and O–H groups in total. The molecule has 1 fully saturated rings. The predicted molar refractivity (Wildman–Crippen MR) is 108 cm³/mol. The Morgan fingerprint density at radius 3 is 2.14 bits per heavy atom. The zero-order valence-corrected chi connectivity index (χ0v) is 18.0. The monoisotopic (exact) mass is 415 g/mol. The Hall–Kier alpha value is -1.38. The van der Waals surface area contributed by atoms with Gasteiger partial charge in [-0.3, -0.25) is 4.79 Å². The van der Waals surface area contributed by atoms with Crippen LogP contribution in [0.25, 0.3) is 10.4 Å². The first-order valence-corrected chi connectivity index (χ1v) is 10.8. The van der Waals surface area contributed by atoms with Crippen molar-refractivity contribution in [2.24, 2.45) is 5.11 Å². The summed E-state index contributed by atoms with van der Waals surface area (Å²) >= 11 is 0. The van der Waals surface area contributed by atoms with Crippen molar-refractivity contribution in [3.8, 4) is 0 Å². The largest absolute Gasteiger partial charge is 0.463 e. The highest BCUT2D eigenvalue weighted by Gasteiger charge is 2.47. The lowest BCUT2D eigenvalue weighted by Crippen LogP contribution is -2.60. The number of azide groups is 1. The van der Waals surface area contributed by atoms with Crippen LogP contribution < -0.4 is 0 Å². The smallest absolute Gasteiger partial charge is 0.302 e. The van der Waals surface area contributed by atoms with Gasteiger partial charge in [0.15, 0.2) is 6.29 Å². The average Bonchev–Trinajstić information content (AvgIpc) is 2.69. The highest BCUT2D eigenvalue weighted by atomic mass is 16.7. The first-order chi connectivity index (χ1) is 14.0. The molecular weight excluding hydrogens is 378 g/mol. The highest BCUT2D eigenvalue weighted by Crippen LogP contribution is 2.28. The van der Waals surface area contributed by atoms with Crippen LogP contribution in [0.2, 0.25) is 0 Å². The summed E-state index contributed by atoms with van der Waals surface area (Å²) < 4.78 is 22.7. The van der Waals surface area contributed by atoms with Gasteiger partial charge in [-0.25, -0.2) is 0 Å². The Balaban J connectivity index is 2.86. The van der Waals surface area contributed by atoms with E-state index in [1.807, 2.05) is 0 Å². The fourth-order valence-electron chi connectivity index (χ4n) is 3.31. The van der Waals surface area contributed by atoms with Crippen LogP contribution in [-0.4, -0.2) is 61.5 Å². The van der Waals surface area contributed by atoms with Crippen molar-refractivity contribution in [3.05, 3.63) is 10.4 Å².